The predicted molar refractivity (Wildman–Crippen MR) is 68.4 cm³/mol. The molecule has 0 spiro atoms. The fourth-order valence-corrected chi connectivity index (χ4v) is 1.98. The van der Waals surface area contributed by atoms with E-state index in [4.69, 9.17) is 17.3 Å². The second kappa shape index (κ2) is 5.15. The highest BCUT2D eigenvalue weighted by atomic mass is 35.5. The lowest BCUT2D eigenvalue weighted by molar-refractivity contribution is 0.697. The van der Waals surface area contributed by atoms with E-state index >= 15 is 0 Å². The van der Waals surface area contributed by atoms with Gasteiger partial charge in [-0.3, -0.25) is 0 Å². The Kier molecular flexibility index (Phi) is 3.60. The molecule has 0 fully saturated rings. The molecule has 0 saturated heterocycles. The highest BCUT2D eigenvalue weighted by molar-refractivity contribution is 6.21. The first-order valence-corrected chi connectivity index (χ1v) is 5.72. The van der Waals surface area contributed by atoms with E-state index in [1.54, 1.807) is 0 Å². The Hall–Kier alpha value is -1.31. The molecule has 0 aliphatic rings. The Labute approximate surface area is 101 Å². The van der Waals surface area contributed by atoms with Gasteiger partial charge in [0, 0.05) is 0 Å². The molecular weight excluding hydrogens is 218 g/mol. The monoisotopic (exact) mass is 231 g/mol. The van der Waals surface area contributed by atoms with Crippen molar-refractivity contribution < 1.29 is 0 Å². The quantitative estimate of drug-likeness (QED) is 0.802. The first-order chi connectivity index (χ1) is 7.79. The van der Waals surface area contributed by atoms with Gasteiger partial charge in [-0.05, 0) is 11.1 Å². The molecule has 2 heteroatoms. The number of hydrogen-bond acceptors (Lipinski definition) is 1. The third-order valence-electron chi connectivity index (χ3n) is 2.62. The third-order valence-corrected chi connectivity index (χ3v) is 3.14. The van der Waals surface area contributed by atoms with Crippen molar-refractivity contribution in [3.05, 3.63) is 71.8 Å². The lowest BCUT2D eigenvalue weighted by Gasteiger charge is -2.18. The highest BCUT2D eigenvalue weighted by Gasteiger charge is 2.18. The van der Waals surface area contributed by atoms with E-state index in [0.29, 0.717) is 0 Å². The normalized spacial score (nSPS) is 14.4. The van der Waals surface area contributed by atoms with Crippen LogP contribution >= 0.6 is 11.6 Å². The maximum absolute atomic E-state index is 6.37. The van der Waals surface area contributed by atoms with Crippen LogP contribution in [-0.2, 0) is 0 Å². The van der Waals surface area contributed by atoms with Crippen molar-refractivity contribution in [3.8, 4) is 0 Å². The second-order valence-electron chi connectivity index (χ2n) is 3.75. The summed E-state index contributed by atoms with van der Waals surface area (Å²) in [5.74, 6) is 0. The minimum absolute atomic E-state index is 0.176. The van der Waals surface area contributed by atoms with Crippen molar-refractivity contribution in [2.75, 3.05) is 0 Å². The Morgan fingerprint density at radius 2 is 1.19 bits per heavy atom. The molecule has 0 bridgehead atoms. The summed E-state index contributed by atoms with van der Waals surface area (Å²) < 4.78 is 0. The summed E-state index contributed by atoms with van der Waals surface area (Å²) in [5, 5.41) is -0.191. The Balaban J connectivity index is 2.20. The molecule has 82 valence electrons. The standard InChI is InChI=1S/C14H14ClN/c15-13(11-7-3-1-4-8-11)14(16)12-9-5-2-6-10-12/h1-10,13-14H,16H2/t13-,14+/m0/s1. The van der Waals surface area contributed by atoms with Gasteiger partial charge in [-0.25, -0.2) is 0 Å². The number of alkyl halides is 1. The van der Waals surface area contributed by atoms with E-state index in [2.05, 4.69) is 0 Å². The van der Waals surface area contributed by atoms with Gasteiger partial charge in [0.2, 0.25) is 0 Å². The molecule has 0 aliphatic heterocycles. The number of rotatable bonds is 3. The fraction of sp³-hybridized carbons (Fsp3) is 0.143. The molecule has 16 heavy (non-hydrogen) atoms. The van der Waals surface area contributed by atoms with Crippen LogP contribution < -0.4 is 5.73 Å². The zero-order valence-electron chi connectivity index (χ0n) is 8.88. The summed E-state index contributed by atoms with van der Waals surface area (Å²) in [6.45, 7) is 0. The van der Waals surface area contributed by atoms with Crippen molar-refractivity contribution in [1.82, 2.24) is 0 Å². The highest BCUT2D eigenvalue weighted by Crippen LogP contribution is 2.32. The number of hydrogen-bond donors (Lipinski definition) is 1. The van der Waals surface area contributed by atoms with Gasteiger partial charge in [0.1, 0.15) is 0 Å². The molecule has 0 aromatic heterocycles. The minimum Gasteiger partial charge on any atom is -0.322 e. The van der Waals surface area contributed by atoms with Crippen LogP contribution in [0.5, 0.6) is 0 Å². The van der Waals surface area contributed by atoms with Gasteiger partial charge in [0.15, 0.2) is 0 Å². The van der Waals surface area contributed by atoms with Crippen LogP contribution in [0.4, 0.5) is 0 Å². The summed E-state index contributed by atoms with van der Waals surface area (Å²) in [6, 6.07) is 19.7. The lowest BCUT2D eigenvalue weighted by atomic mass is 9.99. The van der Waals surface area contributed by atoms with Crippen LogP contribution in [-0.4, -0.2) is 0 Å². The van der Waals surface area contributed by atoms with E-state index in [1.807, 2.05) is 60.7 Å². The molecule has 2 aromatic rings. The third kappa shape index (κ3) is 2.43. The Morgan fingerprint density at radius 3 is 1.69 bits per heavy atom. The summed E-state index contributed by atoms with van der Waals surface area (Å²) >= 11 is 6.37. The van der Waals surface area contributed by atoms with Crippen molar-refractivity contribution in [3.63, 3.8) is 0 Å². The maximum Gasteiger partial charge on any atom is 0.0778 e. The summed E-state index contributed by atoms with van der Waals surface area (Å²) in [4.78, 5) is 0. The first kappa shape index (κ1) is 11.2. The van der Waals surface area contributed by atoms with E-state index < -0.39 is 0 Å². The molecule has 0 saturated carbocycles. The average molecular weight is 232 g/mol. The number of benzene rings is 2. The van der Waals surface area contributed by atoms with E-state index in [-0.39, 0.29) is 11.4 Å². The maximum atomic E-state index is 6.37. The number of nitrogens with two attached hydrogens (primary N) is 1. The average Bonchev–Trinajstić information content (AvgIpc) is 2.39. The zero-order chi connectivity index (χ0) is 11.4. The SMILES string of the molecule is N[C@H](c1ccccc1)[C@@H](Cl)c1ccccc1. The van der Waals surface area contributed by atoms with Crippen LogP contribution in [0.3, 0.4) is 0 Å². The van der Waals surface area contributed by atoms with Gasteiger partial charge < -0.3 is 5.73 Å². The molecule has 2 N–H and O–H groups in total. The lowest BCUT2D eigenvalue weighted by Crippen LogP contribution is -2.15. The van der Waals surface area contributed by atoms with Crippen molar-refractivity contribution in [2.45, 2.75) is 11.4 Å². The molecule has 2 atom stereocenters. The summed E-state index contributed by atoms with van der Waals surface area (Å²) in [6.07, 6.45) is 0. The topological polar surface area (TPSA) is 26.0 Å². The largest absolute Gasteiger partial charge is 0.322 e. The van der Waals surface area contributed by atoms with Crippen molar-refractivity contribution in [2.24, 2.45) is 5.73 Å². The van der Waals surface area contributed by atoms with Crippen LogP contribution in [0.25, 0.3) is 0 Å². The van der Waals surface area contributed by atoms with Gasteiger partial charge in [-0.2, -0.15) is 0 Å². The fourth-order valence-electron chi connectivity index (χ4n) is 1.69. The van der Waals surface area contributed by atoms with Gasteiger partial charge in [0.25, 0.3) is 0 Å². The molecule has 2 rings (SSSR count). The predicted octanol–water partition coefficient (Wildman–Crippen LogP) is 3.67. The molecule has 1 nitrogen and oxygen atoms in total. The Bertz CT molecular complexity index is 384. The molecule has 0 unspecified atom stereocenters. The van der Waals surface area contributed by atoms with E-state index in [0.717, 1.165) is 11.1 Å². The first-order valence-electron chi connectivity index (χ1n) is 5.28. The minimum atomic E-state index is -0.191. The number of halogens is 1. The molecule has 0 amide bonds. The van der Waals surface area contributed by atoms with E-state index in [1.165, 1.54) is 0 Å². The molecule has 0 heterocycles. The Morgan fingerprint density at radius 1 is 0.750 bits per heavy atom. The smallest absolute Gasteiger partial charge is 0.0778 e. The molecular formula is C14H14ClN. The second-order valence-corrected chi connectivity index (χ2v) is 4.22. The molecule has 0 aliphatic carbocycles. The van der Waals surface area contributed by atoms with Gasteiger partial charge in [0.05, 0.1) is 11.4 Å². The molecule has 0 radical (unpaired) electrons. The van der Waals surface area contributed by atoms with Gasteiger partial charge in [-0.1, -0.05) is 60.7 Å². The van der Waals surface area contributed by atoms with Gasteiger partial charge in [-0.15, -0.1) is 11.6 Å². The van der Waals surface area contributed by atoms with Gasteiger partial charge >= 0.3 is 0 Å². The molecule has 2 aromatic carbocycles. The van der Waals surface area contributed by atoms with Crippen molar-refractivity contribution in [1.29, 1.82) is 0 Å². The van der Waals surface area contributed by atoms with Crippen LogP contribution in [0.15, 0.2) is 60.7 Å². The van der Waals surface area contributed by atoms with Crippen molar-refractivity contribution >= 4 is 11.6 Å². The summed E-state index contributed by atoms with van der Waals surface area (Å²) in [5.41, 5.74) is 8.26. The van der Waals surface area contributed by atoms with Crippen LogP contribution in [0.1, 0.15) is 22.5 Å². The van der Waals surface area contributed by atoms with E-state index in [9.17, 15) is 0 Å². The van der Waals surface area contributed by atoms with Crippen LogP contribution in [0.2, 0.25) is 0 Å². The zero-order valence-corrected chi connectivity index (χ0v) is 9.64. The van der Waals surface area contributed by atoms with Crippen LogP contribution in [0, 0.1) is 0 Å². The summed E-state index contributed by atoms with van der Waals surface area (Å²) in [7, 11) is 0.